The van der Waals surface area contributed by atoms with Gasteiger partial charge in [-0.3, -0.25) is 23.4 Å². The van der Waals surface area contributed by atoms with E-state index in [4.69, 9.17) is 23.4 Å². The van der Waals surface area contributed by atoms with Crippen molar-refractivity contribution in [2.75, 3.05) is 0 Å². The molecule has 0 amide bonds. The molecule has 9 heavy (non-hydrogen) atoms. The zero-order chi connectivity index (χ0) is 7.33. The van der Waals surface area contributed by atoms with Gasteiger partial charge >= 0.3 is 8.72 Å². The average molecular weight is 152 g/mol. The molecule has 0 aliphatic heterocycles. The first kappa shape index (κ1) is 8.90. The smallest absolute Gasteiger partial charge is 0.275 e. The van der Waals surface area contributed by atoms with Crippen LogP contribution < -0.4 is 43.7 Å². The van der Waals surface area contributed by atoms with Crippen molar-refractivity contribution in [2.45, 2.75) is 0 Å². The predicted octanol–water partition coefficient (Wildman–Crippen LogP) is -4.72. The summed E-state index contributed by atoms with van der Waals surface area (Å²) < 4.78 is 0. The molecule has 0 aromatic carbocycles. The van der Waals surface area contributed by atoms with Crippen molar-refractivity contribution in [1.82, 2.24) is 20.4 Å². The van der Waals surface area contributed by atoms with Crippen LogP contribution in [0.15, 0.2) is 0 Å². The van der Waals surface area contributed by atoms with Gasteiger partial charge in [0.15, 0.2) is 0 Å². The van der Waals surface area contributed by atoms with Gasteiger partial charge in [0.1, 0.15) is 0 Å². The zero-order valence-electron chi connectivity index (χ0n) is 4.81. The normalized spacial score (nSPS) is 12.0. The van der Waals surface area contributed by atoms with E-state index in [2.05, 4.69) is 20.4 Å². The van der Waals surface area contributed by atoms with E-state index in [0.29, 0.717) is 0 Å². The second kappa shape index (κ2) is 3.83. The lowest BCUT2D eigenvalue weighted by atomic mass is 12.9. The minimum Gasteiger partial charge on any atom is -0.275 e. The molecule has 0 aliphatic rings. The fourth-order valence-corrected chi connectivity index (χ4v) is 0.750. The van der Waals surface area contributed by atoms with Crippen LogP contribution in [0.2, 0.25) is 0 Å². The Morgan fingerprint density at radius 3 is 0.889 bits per heavy atom. The summed E-state index contributed by atoms with van der Waals surface area (Å²) in [5.74, 6) is 20.1. The lowest BCUT2D eigenvalue weighted by molar-refractivity contribution is 0.727. The van der Waals surface area contributed by atoms with Gasteiger partial charge in [-0.2, -0.15) is 0 Å². The summed E-state index contributed by atoms with van der Waals surface area (Å²) in [5.41, 5.74) is 0. The molecule has 8 nitrogen and oxygen atoms in total. The number of hydrogen-bond donors (Lipinski definition) is 8. The number of rotatable bonds is 4. The molecule has 0 aromatic heterocycles. The second-order valence-corrected chi connectivity index (χ2v) is 3.98. The largest absolute Gasteiger partial charge is 0.420 e. The van der Waals surface area contributed by atoms with E-state index in [1.807, 2.05) is 0 Å². The third kappa shape index (κ3) is 1.94. The molecule has 0 radical (unpaired) electrons. The first-order valence-corrected chi connectivity index (χ1v) is 4.15. The van der Waals surface area contributed by atoms with Gasteiger partial charge in [-0.1, -0.05) is 0 Å². The van der Waals surface area contributed by atoms with Crippen LogP contribution in [0.4, 0.5) is 0 Å². The standard InChI is InChI=1S/H12N8Si/c1-5-9(6-2,7-3)8-4/h5-8H,1-4H2. The fourth-order valence-electron chi connectivity index (χ4n) is 0.250. The maximum absolute atomic E-state index is 5.02. The van der Waals surface area contributed by atoms with Crippen LogP contribution in [0.3, 0.4) is 0 Å². The number of hydrazine groups is 4. The van der Waals surface area contributed by atoms with E-state index in [-0.39, 0.29) is 0 Å². The molecule has 0 saturated carbocycles. The van der Waals surface area contributed by atoms with Crippen LogP contribution in [0.25, 0.3) is 0 Å². The molecular formula is H12N8Si. The van der Waals surface area contributed by atoms with E-state index >= 15 is 0 Å². The molecule has 0 aromatic rings. The predicted molar refractivity (Wildman–Crippen MR) is 35.0 cm³/mol. The SMILES string of the molecule is NN[Si](NN)(NN)NN. The first-order chi connectivity index (χ1) is 4.24. The molecule has 56 valence electrons. The Labute approximate surface area is 53.5 Å². The number of hydrogen-bond acceptors (Lipinski definition) is 8. The zero-order valence-corrected chi connectivity index (χ0v) is 5.81. The minimum atomic E-state index is -2.58. The van der Waals surface area contributed by atoms with Crippen molar-refractivity contribution >= 4 is 8.72 Å². The van der Waals surface area contributed by atoms with Crippen LogP contribution in [0.5, 0.6) is 0 Å². The number of nitrogens with one attached hydrogen (secondary N) is 4. The summed E-state index contributed by atoms with van der Waals surface area (Å²) in [6.45, 7) is 0. The summed E-state index contributed by atoms with van der Waals surface area (Å²) in [7, 11) is -2.58. The molecule has 0 unspecified atom stereocenters. The van der Waals surface area contributed by atoms with Crippen molar-refractivity contribution in [3.8, 4) is 0 Å². The molecule has 0 rings (SSSR count). The Morgan fingerprint density at radius 1 is 0.667 bits per heavy atom. The van der Waals surface area contributed by atoms with Crippen LogP contribution in [0.1, 0.15) is 0 Å². The van der Waals surface area contributed by atoms with Crippen LogP contribution in [-0.4, -0.2) is 8.72 Å². The Hall–Kier alpha value is -0.103. The molecule has 0 saturated heterocycles. The highest BCUT2D eigenvalue weighted by Gasteiger charge is 2.29. The highest BCUT2D eigenvalue weighted by atomic mass is 28.4. The third-order valence-corrected chi connectivity index (χ3v) is 2.60. The Morgan fingerprint density at radius 2 is 0.889 bits per heavy atom. The Kier molecular flexibility index (Phi) is 3.79. The third-order valence-electron chi connectivity index (χ3n) is 0.866. The van der Waals surface area contributed by atoms with E-state index < -0.39 is 8.72 Å². The molecule has 9 heteroatoms. The fraction of sp³-hybridized carbons (Fsp3) is 0. The van der Waals surface area contributed by atoms with Gasteiger partial charge in [-0.15, -0.1) is 0 Å². The molecule has 0 spiro atoms. The van der Waals surface area contributed by atoms with Crippen LogP contribution in [-0.2, 0) is 0 Å². The van der Waals surface area contributed by atoms with Crippen molar-refractivity contribution in [1.29, 1.82) is 0 Å². The monoisotopic (exact) mass is 152 g/mol. The molecule has 0 heterocycles. The summed E-state index contributed by atoms with van der Waals surface area (Å²) in [5, 5.41) is 9.18. The summed E-state index contributed by atoms with van der Waals surface area (Å²) >= 11 is 0. The lowest BCUT2D eigenvalue weighted by Crippen LogP contribution is -2.86. The average Bonchev–Trinajstić information content (AvgIpc) is 1.95. The maximum Gasteiger partial charge on any atom is 0.420 e. The van der Waals surface area contributed by atoms with Gasteiger partial charge in [0.05, 0.1) is 0 Å². The van der Waals surface area contributed by atoms with Gasteiger partial charge in [0, 0.05) is 0 Å². The topological polar surface area (TPSA) is 152 Å². The number of nitrogens with two attached hydrogens (primary N) is 4. The highest BCUT2D eigenvalue weighted by Crippen LogP contribution is 1.65. The Balaban J connectivity index is 3.82. The maximum atomic E-state index is 5.02. The van der Waals surface area contributed by atoms with E-state index in [1.165, 1.54) is 0 Å². The van der Waals surface area contributed by atoms with Crippen molar-refractivity contribution in [3.05, 3.63) is 0 Å². The summed E-state index contributed by atoms with van der Waals surface area (Å²) in [4.78, 5) is 0. The molecule has 12 N–H and O–H groups in total. The van der Waals surface area contributed by atoms with Gasteiger partial charge in [-0.05, 0) is 0 Å². The van der Waals surface area contributed by atoms with E-state index in [9.17, 15) is 0 Å². The van der Waals surface area contributed by atoms with Crippen LogP contribution >= 0.6 is 0 Å². The minimum absolute atomic E-state index is 2.30. The van der Waals surface area contributed by atoms with Gasteiger partial charge in [-0.25, -0.2) is 20.4 Å². The molecular weight excluding hydrogens is 140 g/mol. The van der Waals surface area contributed by atoms with Gasteiger partial charge in [0.25, 0.3) is 0 Å². The second-order valence-electron chi connectivity index (χ2n) is 1.33. The van der Waals surface area contributed by atoms with E-state index in [0.717, 1.165) is 0 Å². The van der Waals surface area contributed by atoms with E-state index in [1.54, 1.807) is 0 Å². The van der Waals surface area contributed by atoms with Gasteiger partial charge in [0.2, 0.25) is 0 Å². The van der Waals surface area contributed by atoms with Crippen molar-refractivity contribution in [3.63, 3.8) is 0 Å². The quantitative estimate of drug-likeness (QED) is 0.114. The Bertz CT molecular complexity index is 47.5. The lowest BCUT2D eigenvalue weighted by Gasteiger charge is -2.25. The van der Waals surface area contributed by atoms with Gasteiger partial charge < -0.3 is 0 Å². The molecule has 0 atom stereocenters. The first-order valence-electron chi connectivity index (χ1n) is 2.15. The molecule has 0 fully saturated rings. The van der Waals surface area contributed by atoms with Crippen molar-refractivity contribution < 1.29 is 0 Å². The van der Waals surface area contributed by atoms with Crippen molar-refractivity contribution in [2.24, 2.45) is 23.4 Å². The molecule has 0 bridgehead atoms. The highest BCUT2D eigenvalue weighted by molar-refractivity contribution is 6.69. The summed E-state index contributed by atoms with van der Waals surface area (Å²) in [6.07, 6.45) is 0. The molecule has 0 aliphatic carbocycles. The van der Waals surface area contributed by atoms with Crippen LogP contribution in [0, 0.1) is 0 Å². The summed E-state index contributed by atoms with van der Waals surface area (Å²) in [6, 6.07) is 0.